The van der Waals surface area contributed by atoms with Crippen molar-refractivity contribution in [1.29, 1.82) is 5.26 Å². The molecular formula is C10H8N2O3. The van der Waals surface area contributed by atoms with Gasteiger partial charge in [-0.05, 0) is 25.5 Å². The molecule has 0 bridgehead atoms. The van der Waals surface area contributed by atoms with Crippen molar-refractivity contribution in [2.45, 2.75) is 13.8 Å². The lowest BCUT2D eigenvalue weighted by atomic mass is 10.0. The molecular weight excluding hydrogens is 196 g/mol. The van der Waals surface area contributed by atoms with E-state index in [-0.39, 0.29) is 17.0 Å². The number of nitro groups is 1. The van der Waals surface area contributed by atoms with Gasteiger partial charge in [-0.2, -0.15) is 5.26 Å². The van der Waals surface area contributed by atoms with Crippen LogP contribution in [0.4, 0.5) is 5.69 Å². The third kappa shape index (κ3) is 1.99. The molecule has 0 spiro atoms. The summed E-state index contributed by atoms with van der Waals surface area (Å²) in [5, 5.41) is 19.3. The van der Waals surface area contributed by atoms with E-state index >= 15 is 0 Å². The fraction of sp³-hybridized carbons (Fsp3) is 0.200. The molecule has 0 atom stereocenters. The highest BCUT2D eigenvalue weighted by molar-refractivity contribution is 5.96. The van der Waals surface area contributed by atoms with Gasteiger partial charge in [-0.15, -0.1) is 0 Å². The molecule has 0 aliphatic rings. The molecule has 0 saturated heterocycles. The summed E-state index contributed by atoms with van der Waals surface area (Å²) in [5.74, 6) is -0.209. The van der Waals surface area contributed by atoms with E-state index in [9.17, 15) is 14.9 Å². The van der Waals surface area contributed by atoms with Crippen molar-refractivity contribution in [2.75, 3.05) is 0 Å². The zero-order valence-electron chi connectivity index (χ0n) is 8.27. The Hall–Kier alpha value is -2.22. The lowest BCUT2D eigenvalue weighted by Crippen LogP contribution is -2.00. The molecule has 0 heterocycles. The zero-order valence-corrected chi connectivity index (χ0v) is 8.27. The van der Waals surface area contributed by atoms with E-state index in [2.05, 4.69) is 0 Å². The maximum absolute atomic E-state index is 11.1. The molecule has 0 fully saturated rings. The Morgan fingerprint density at radius 1 is 1.53 bits per heavy atom. The van der Waals surface area contributed by atoms with Crippen LogP contribution in [0.25, 0.3) is 0 Å². The van der Waals surface area contributed by atoms with Gasteiger partial charge in [0.25, 0.3) is 5.69 Å². The van der Waals surface area contributed by atoms with Gasteiger partial charge in [0.1, 0.15) is 11.6 Å². The van der Waals surface area contributed by atoms with Crippen molar-refractivity contribution in [3.63, 3.8) is 0 Å². The normalized spacial score (nSPS) is 9.40. The first kappa shape index (κ1) is 10.9. The fourth-order valence-corrected chi connectivity index (χ4v) is 1.31. The summed E-state index contributed by atoms with van der Waals surface area (Å²) >= 11 is 0. The molecule has 0 aromatic heterocycles. The molecule has 0 radical (unpaired) electrons. The molecule has 1 rings (SSSR count). The van der Waals surface area contributed by atoms with Gasteiger partial charge < -0.3 is 0 Å². The quantitative estimate of drug-likeness (QED) is 0.418. The number of carbonyl (C=O) groups is 1. The summed E-state index contributed by atoms with van der Waals surface area (Å²) in [5.41, 5.74) is 0.501. The molecule has 5 heteroatoms. The van der Waals surface area contributed by atoms with Crippen LogP contribution in [0.3, 0.4) is 0 Å². The molecule has 0 unspecified atom stereocenters. The summed E-state index contributed by atoms with van der Waals surface area (Å²) in [7, 11) is 0. The average Bonchev–Trinajstić information content (AvgIpc) is 2.16. The zero-order chi connectivity index (χ0) is 11.6. The van der Waals surface area contributed by atoms with Crippen LogP contribution >= 0.6 is 0 Å². The predicted octanol–water partition coefficient (Wildman–Crippen LogP) is 1.98. The minimum atomic E-state index is -0.629. The van der Waals surface area contributed by atoms with Gasteiger partial charge in [-0.3, -0.25) is 14.9 Å². The highest BCUT2D eigenvalue weighted by Gasteiger charge is 2.17. The standard InChI is InChI=1S/C10H8N2O3/c1-6-3-10(12(14)15)8(5-11)4-9(6)7(2)13/h3-4H,1-2H3. The monoisotopic (exact) mass is 204 g/mol. The number of nitriles is 1. The Balaban J connectivity index is 3.51. The van der Waals surface area contributed by atoms with Crippen molar-refractivity contribution >= 4 is 11.5 Å². The molecule has 0 aliphatic heterocycles. The van der Waals surface area contributed by atoms with Crippen molar-refractivity contribution in [2.24, 2.45) is 0 Å². The Labute approximate surface area is 86.1 Å². The summed E-state index contributed by atoms with van der Waals surface area (Å²) in [6, 6.07) is 4.21. The summed E-state index contributed by atoms with van der Waals surface area (Å²) in [6.07, 6.45) is 0. The second-order valence-electron chi connectivity index (χ2n) is 3.11. The molecule has 0 aliphatic carbocycles. The third-order valence-corrected chi connectivity index (χ3v) is 2.04. The second kappa shape index (κ2) is 3.88. The highest BCUT2D eigenvalue weighted by atomic mass is 16.6. The van der Waals surface area contributed by atoms with Gasteiger partial charge in [0.05, 0.1) is 4.92 Å². The summed E-state index contributed by atoms with van der Waals surface area (Å²) in [4.78, 5) is 21.1. The molecule has 1 aromatic rings. The van der Waals surface area contributed by atoms with E-state index in [1.165, 1.54) is 19.1 Å². The molecule has 0 N–H and O–H groups in total. The number of rotatable bonds is 2. The Kier molecular flexibility index (Phi) is 2.81. The van der Waals surface area contributed by atoms with Gasteiger partial charge in [-0.25, -0.2) is 0 Å². The number of nitrogens with zero attached hydrogens (tertiary/aromatic N) is 2. The Morgan fingerprint density at radius 2 is 2.13 bits per heavy atom. The topological polar surface area (TPSA) is 84.0 Å². The van der Waals surface area contributed by atoms with Crippen LogP contribution in [0.2, 0.25) is 0 Å². The number of Topliss-reactive ketones (excluding diaryl/α,β-unsaturated/α-hetero) is 1. The van der Waals surface area contributed by atoms with Crippen LogP contribution in [-0.4, -0.2) is 10.7 Å². The highest BCUT2D eigenvalue weighted by Crippen LogP contribution is 2.22. The maximum atomic E-state index is 11.1. The first-order valence-electron chi connectivity index (χ1n) is 4.17. The van der Waals surface area contributed by atoms with Gasteiger partial charge in [0.2, 0.25) is 0 Å². The number of hydrogen-bond donors (Lipinski definition) is 0. The van der Waals surface area contributed by atoms with Crippen LogP contribution in [0.5, 0.6) is 0 Å². The molecule has 0 saturated carbocycles. The van der Waals surface area contributed by atoms with Gasteiger partial charge in [0, 0.05) is 11.6 Å². The van der Waals surface area contributed by atoms with E-state index in [1.807, 2.05) is 0 Å². The minimum absolute atomic E-state index is 0.0872. The Bertz CT molecular complexity index is 486. The van der Waals surface area contributed by atoms with Crippen LogP contribution in [0, 0.1) is 28.4 Å². The number of carbonyl (C=O) groups excluding carboxylic acids is 1. The van der Waals surface area contributed by atoms with E-state index in [0.717, 1.165) is 0 Å². The van der Waals surface area contributed by atoms with Gasteiger partial charge in [-0.1, -0.05) is 0 Å². The first-order chi connectivity index (χ1) is 6.97. The summed E-state index contributed by atoms with van der Waals surface area (Å²) < 4.78 is 0. The minimum Gasteiger partial charge on any atom is -0.295 e. The lowest BCUT2D eigenvalue weighted by Gasteiger charge is -2.02. The second-order valence-corrected chi connectivity index (χ2v) is 3.11. The van der Waals surface area contributed by atoms with Crippen molar-refractivity contribution in [1.82, 2.24) is 0 Å². The Morgan fingerprint density at radius 3 is 2.53 bits per heavy atom. The maximum Gasteiger partial charge on any atom is 0.287 e. The van der Waals surface area contributed by atoms with Crippen LogP contribution in [-0.2, 0) is 0 Å². The van der Waals surface area contributed by atoms with Crippen LogP contribution in [0.1, 0.15) is 28.4 Å². The van der Waals surface area contributed by atoms with E-state index in [0.29, 0.717) is 11.1 Å². The number of nitro benzene ring substituents is 1. The molecule has 5 nitrogen and oxygen atoms in total. The van der Waals surface area contributed by atoms with Gasteiger partial charge >= 0.3 is 0 Å². The number of aryl methyl sites for hydroxylation is 1. The molecule has 0 amide bonds. The van der Waals surface area contributed by atoms with Crippen molar-refractivity contribution in [3.8, 4) is 6.07 Å². The largest absolute Gasteiger partial charge is 0.295 e. The van der Waals surface area contributed by atoms with Crippen molar-refractivity contribution in [3.05, 3.63) is 38.9 Å². The van der Waals surface area contributed by atoms with E-state index in [4.69, 9.17) is 5.26 Å². The molecule has 15 heavy (non-hydrogen) atoms. The van der Waals surface area contributed by atoms with Crippen molar-refractivity contribution < 1.29 is 9.72 Å². The molecule has 76 valence electrons. The fourth-order valence-electron chi connectivity index (χ4n) is 1.31. The SMILES string of the molecule is CC(=O)c1cc(C#N)c([N+](=O)[O-])cc1C. The average molecular weight is 204 g/mol. The lowest BCUT2D eigenvalue weighted by molar-refractivity contribution is -0.385. The van der Waals surface area contributed by atoms with Crippen LogP contribution in [0.15, 0.2) is 12.1 Å². The van der Waals surface area contributed by atoms with E-state index < -0.39 is 4.92 Å². The third-order valence-electron chi connectivity index (χ3n) is 2.04. The van der Waals surface area contributed by atoms with Gasteiger partial charge in [0.15, 0.2) is 5.78 Å². The number of ketones is 1. The smallest absolute Gasteiger partial charge is 0.287 e. The van der Waals surface area contributed by atoms with E-state index in [1.54, 1.807) is 13.0 Å². The number of hydrogen-bond acceptors (Lipinski definition) is 4. The van der Waals surface area contributed by atoms with Crippen LogP contribution < -0.4 is 0 Å². The summed E-state index contributed by atoms with van der Waals surface area (Å²) in [6.45, 7) is 2.96. The first-order valence-corrected chi connectivity index (χ1v) is 4.17. The molecule has 1 aromatic carbocycles. The predicted molar refractivity (Wildman–Crippen MR) is 52.6 cm³/mol. The number of benzene rings is 1.